The zero-order valence-electron chi connectivity index (χ0n) is 40.1. The molecule has 6 aliphatic rings. The average molecular weight is 973 g/mol. The van der Waals surface area contributed by atoms with Gasteiger partial charge in [-0.3, -0.25) is 19.8 Å². The van der Waals surface area contributed by atoms with Crippen LogP contribution >= 0.6 is 0 Å². The van der Waals surface area contributed by atoms with Gasteiger partial charge in [0, 0.05) is 74.9 Å². The molecule has 70 heavy (non-hydrogen) atoms. The number of nitro benzene ring substituents is 1. The van der Waals surface area contributed by atoms with Crippen molar-refractivity contribution in [2.75, 3.05) is 67.7 Å². The number of nitro groups is 1. The number of aromatic nitrogens is 2. The number of likely N-dealkylation sites (tertiary alicyclic amines) is 1. The van der Waals surface area contributed by atoms with Crippen molar-refractivity contribution in [2.24, 2.45) is 11.3 Å². The lowest BCUT2D eigenvalue weighted by molar-refractivity contribution is -0.384. The summed E-state index contributed by atoms with van der Waals surface area (Å²) in [5, 5.41) is 16.3. The molecule has 0 radical (unpaired) electrons. The molecule has 4 saturated heterocycles. The van der Waals surface area contributed by atoms with Crippen molar-refractivity contribution in [3.63, 3.8) is 0 Å². The molecule has 1 saturated carbocycles. The molecule has 16 nitrogen and oxygen atoms in total. The number of nitrogens with one attached hydrogen (secondary N) is 3. The summed E-state index contributed by atoms with van der Waals surface area (Å²) in [5.74, 6) is 0.284. The summed E-state index contributed by atoms with van der Waals surface area (Å²) in [6, 6.07) is 23.1. The summed E-state index contributed by atoms with van der Waals surface area (Å²) in [5.41, 5.74) is 5.99. The summed E-state index contributed by atoms with van der Waals surface area (Å²) in [7, 11) is -4.59. The van der Waals surface area contributed by atoms with E-state index in [1.165, 1.54) is 55.4 Å². The number of anilines is 4. The van der Waals surface area contributed by atoms with Crippen LogP contribution in [-0.2, 0) is 19.5 Å². The molecule has 1 aliphatic carbocycles. The minimum absolute atomic E-state index is 0.134. The van der Waals surface area contributed by atoms with E-state index in [0.29, 0.717) is 80.3 Å². The van der Waals surface area contributed by atoms with Crippen LogP contribution in [0.2, 0.25) is 0 Å². The van der Waals surface area contributed by atoms with Crippen LogP contribution in [0, 0.1) is 21.4 Å². The van der Waals surface area contributed by atoms with Gasteiger partial charge in [-0.05, 0) is 135 Å². The Kier molecular flexibility index (Phi) is 12.7. The number of rotatable bonds is 12. The summed E-state index contributed by atoms with van der Waals surface area (Å²) in [6.45, 7) is 10.0. The van der Waals surface area contributed by atoms with E-state index in [2.05, 4.69) is 67.8 Å². The van der Waals surface area contributed by atoms with Crippen molar-refractivity contribution in [1.29, 1.82) is 0 Å². The predicted molar refractivity (Wildman–Crippen MR) is 269 cm³/mol. The smallest absolute Gasteiger partial charge is 0.293 e. The van der Waals surface area contributed by atoms with Gasteiger partial charge in [-0.1, -0.05) is 44.5 Å². The van der Waals surface area contributed by atoms with Crippen LogP contribution in [0.1, 0.15) is 112 Å². The first-order valence-electron chi connectivity index (χ1n) is 25.4. The summed E-state index contributed by atoms with van der Waals surface area (Å²) in [4.78, 5) is 41.3. The molecule has 5 aliphatic heterocycles. The molecule has 5 fully saturated rings. The standard InChI is InChI=1S/C53H64N8O8S/c1-34(2)40-7-3-4-8-41(40)44-9-5-6-21-59(44)38-30-53(31-38)18-22-58(23-19-53)37-10-12-42(46(28-37)60-45-17-26-68-33-49(45)69-52-48(60)27-36-14-20-54-50(36)56-52)51(62)57-70(65,66)39-11-13-43(47(29-39)61(63)64)55-32-35-15-24-67-25-16-35/h3-4,7-8,10-14,20,27-29,34-35,38,44-45,49,55H,5-6,9,15-19,21-26,30-33H2,1-2H3,(H,54,56)(H,57,62)/t44-,45+,49+/m1/s1. The fourth-order valence-electron chi connectivity index (χ4n) is 12.4. The second-order valence-corrected chi connectivity index (χ2v) is 22.5. The van der Waals surface area contributed by atoms with Crippen molar-refractivity contribution in [3.05, 3.63) is 106 Å². The molecule has 17 heteroatoms. The maximum Gasteiger partial charge on any atom is 0.293 e. The minimum Gasteiger partial charge on any atom is -0.468 e. The number of sulfonamides is 1. The third-order valence-electron chi connectivity index (χ3n) is 16.2. The number of carbonyl (C=O) groups excluding carboxylic acids is 1. The Balaban J connectivity index is 0.873. The SMILES string of the molecule is CC(C)c1ccccc1[C@H]1CCCCN1C1CC2(CCN(c3ccc(C(=O)NS(=O)(=O)c4ccc(NCC5CCOCC5)c([N+](=O)[O-])c4)c(N4c5cc6cc[nH]c6nc5O[C@H]5COCC[C@@H]54)c3)CC2)C1. The van der Waals surface area contributed by atoms with E-state index in [0.717, 1.165) is 62.5 Å². The molecule has 370 valence electrons. The molecule has 11 rings (SSSR count). The Bertz CT molecular complexity index is 2870. The monoisotopic (exact) mass is 972 g/mol. The van der Waals surface area contributed by atoms with Crippen LogP contribution < -0.4 is 24.6 Å². The molecule has 7 heterocycles. The molecule has 3 aromatic carbocycles. The van der Waals surface area contributed by atoms with Gasteiger partial charge in [-0.25, -0.2) is 13.1 Å². The van der Waals surface area contributed by atoms with E-state index < -0.39 is 32.6 Å². The van der Waals surface area contributed by atoms with E-state index in [1.807, 2.05) is 30.5 Å². The summed E-state index contributed by atoms with van der Waals surface area (Å²) in [6.07, 6.45) is 11.9. The van der Waals surface area contributed by atoms with Gasteiger partial charge in [0.15, 0.2) is 0 Å². The lowest BCUT2D eigenvalue weighted by Gasteiger charge is -2.57. The maximum absolute atomic E-state index is 14.7. The van der Waals surface area contributed by atoms with Crippen molar-refractivity contribution in [1.82, 2.24) is 19.6 Å². The molecule has 3 N–H and O–H groups in total. The first kappa shape index (κ1) is 46.6. The number of hydrogen-bond acceptors (Lipinski definition) is 13. The maximum atomic E-state index is 14.7. The third-order valence-corrected chi connectivity index (χ3v) is 17.6. The molecule has 0 bridgehead atoms. The third kappa shape index (κ3) is 8.98. The predicted octanol–water partition coefficient (Wildman–Crippen LogP) is 9.22. The number of amides is 1. The van der Waals surface area contributed by atoms with Gasteiger partial charge in [0.2, 0.25) is 5.88 Å². The van der Waals surface area contributed by atoms with E-state index in [9.17, 15) is 23.3 Å². The quantitative estimate of drug-likeness (QED) is 0.0795. The average Bonchev–Trinajstić information content (AvgIpc) is 3.83. The minimum atomic E-state index is -4.59. The fourth-order valence-corrected chi connectivity index (χ4v) is 13.4. The normalized spacial score (nSPS) is 23.1. The van der Waals surface area contributed by atoms with E-state index in [4.69, 9.17) is 19.2 Å². The van der Waals surface area contributed by atoms with Crippen LogP contribution in [-0.4, -0.2) is 105 Å². The number of hydrogen-bond donors (Lipinski definition) is 3. The van der Waals surface area contributed by atoms with Crippen molar-refractivity contribution in [3.8, 4) is 5.88 Å². The second kappa shape index (κ2) is 19.1. The number of fused-ring (bicyclic) bond motifs is 3. The van der Waals surface area contributed by atoms with Crippen LogP contribution in [0.15, 0.2) is 83.9 Å². The Morgan fingerprint density at radius 2 is 1.73 bits per heavy atom. The molecule has 2 aromatic heterocycles. The van der Waals surface area contributed by atoms with E-state index in [1.54, 1.807) is 6.07 Å². The molecule has 5 aromatic rings. The Morgan fingerprint density at radius 3 is 2.53 bits per heavy atom. The number of nitrogens with zero attached hydrogens (tertiary/aromatic N) is 5. The van der Waals surface area contributed by atoms with Gasteiger partial charge < -0.3 is 34.3 Å². The van der Waals surface area contributed by atoms with Crippen molar-refractivity contribution >= 4 is 55.4 Å². The Morgan fingerprint density at radius 1 is 0.929 bits per heavy atom. The van der Waals surface area contributed by atoms with Gasteiger partial charge in [-0.2, -0.15) is 4.98 Å². The lowest BCUT2D eigenvalue weighted by atomic mass is 9.59. The number of carbonyl (C=O) groups is 1. The highest BCUT2D eigenvalue weighted by atomic mass is 32.2. The number of aromatic amines is 1. The highest BCUT2D eigenvalue weighted by Crippen LogP contribution is 2.54. The van der Waals surface area contributed by atoms with Gasteiger partial charge in [-0.15, -0.1) is 0 Å². The van der Waals surface area contributed by atoms with Gasteiger partial charge in [0.25, 0.3) is 21.6 Å². The van der Waals surface area contributed by atoms with Crippen LogP contribution in [0.5, 0.6) is 5.88 Å². The topological polar surface area (TPSA) is 184 Å². The number of piperidine rings is 2. The lowest BCUT2D eigenvalue weighted by Crippen LogP contribution is -2.56. The van der Waals surface area contributed by atoms with Crippen LogP contribution in [0.3, 0.4) is 0 Å². The molecular weight excluding hydrogens is 909 g/mol. The number of benzene rings is 3. The van der Waals surface area contributed by atoms with Gasteiger partial charge >= 0.3 is 0 Å². The Hall–Kier alpha value is -5.75. The molecular formula is C53H64N8O8S. The van der Waals surface area contributed by atoms with Crippen LogP contribution in [0.25, 0.3) is 11.0 Å². The number of ether oxygens (including phenoxy) is 3. The van der Waals surface area contributed by atoms with Crippen molar-refractivity contribution < 1.29 is 32.3 Å². The van der Waals surface area contributed by atoms with E-state index >= 15 is 0 Å². The highest BCUT2D eigenvalue weighted by Gasteiger charge is 2.50. The molecule has 0 unspecified atom stereocenters. The first-order valence-corrected chi connectivity index (χ1v) is 26.8. The zero-order chi connectivity index (χ0) is 48.1. The first-order chi connectivity index (χ1) is 33.9. The summed E-state index contributed by atoms with van der Waals surface area (Å²) < 4.78 is 48.4. The van der Waals surface area contributed by atoms with Crippen LogP contribution in [0.4, 0.5) is 28.4 Å². The zero-order valence-corrected chi connectivity index (χ0v) is 40.9. The highest BCUT2D eigenvalue weighted by molar-refractivity contribution is 7.90. The van der Waals surface area contributed by atoms with Gasteiger partial charge in [0.1, 0.15) is 23.1 Å². The number of pyridine rings is 1. The second-order valence-electron chi connectivity index (χ2n) is 20.8. The largest absolute Gasteiger partial charge is 0.468 e. The molecule has 1 amide bonds. The van der Waals surface area contributed by atoms with E-state index in [-0.39, 0.29) is 33.5 Å². The fraction of sp³-hybridized carbons (Fsp3) is 0.509. The number of H-pyrrole nitrogens is 1. The summed E-state index contributed by atoms with van der Waals surface area (Å²) >= 11 is 0. The van der Waals surface area contributed by atoms with Crippen molar-refractivity contribution in [2.45, 2.75) is 113 Å². The Labute approximate surface area is 409 Å². The molecule has 3 atom stereocenters. The molecule has 1 spiro atoms. The van der Waals surface area contributed by atoms with Gasteiger partial charge in [0.05, 0.1) is 33.7 Å².